The molecule has 0 radical (unpaired) electrons. The average Bonchev–Trinajstić information content (AvgIpc) is 2.98. The van der Waals surface area contributed by atoms with Gasteiger partial charge >= 0.3 is 5.97 Å². The number of hydrogen-bond acceptors (Lipinski definition) is 4. The molecule has 1 aromatic carbocycles. The lowest BCUT2D eigenvalue weighted by atomic mass is 10.1. The van der Waals surface area contributed by atoms with Crippen molar-refractivity contribution in [3.63, 3.8) is 0 Å². The number of likely N-dealkylation sites (N-methyl/N-ethyl adjacent to an activating group) is 1. The van der Waals surface area contributed by atoms with E-state index < -0.39 is 5.97 Å². The number of ether oxygens (including phenoxy) is 1. The molecule has 0 aromatic heterocycles. The average molecular weight is 385 g/mol. The third-order valence-corrected chi connectivity index (χ3v) is 4.44. The molecule has 1 amide bonds. The highest BCUT2D eigenvalue weighted by Crippen LogP contribution is 2.17. The Morgan fingerprint density at radius 1 is 1.39 bits per heavy atom. The molecule has 1 atom stereocenters. The second-order valence-corrected chi connectivity index (χ2v) is 6.59. The number of likely N-dealkylation sites (tertiary alicyclic amines) is 1. The quantitative estimate of drug-likeness (QED) is 0.774. The summed E-state index contributed by atoms with van der Waals surface area (Å²) in [6, 6.07) is 7.53. The monoisotopic (exact) mass is 384 g/mol. The number of carboxylic acids is 1. The summed E-state index contributed by atoms with van der Waals surface area (Å²) in [5, 5.41) is 8.97. The van der Waals surface area contributed by atoms with Crippen LogP contribution < -0.4 is 4.74 Å². The third-order valence-electron chi connectivity index (χ3n) is 3.92. The Labute approximate surface area is 144 Å². The summed E-state index contributed by atoms with van der Waals surface area (Å²) in [4.78, 5) is 26.6. The SMILES string of the molecule is CN(CCOc1ccc(Br)cc1)C(=O)CN1CCC(C(=O)O)C1. The molecule has 0 aliphatic carbocycles. The van der Waals surface area contributed by atoms with Crippen LogP contribution in [0.2, 0.25) is 0 Å². The zero-order valence-corrected chi connectivity index (χ0v) is 14.7. The topological polar surface area (TPSA) is 70.1 Å². The molecule has 1 heterocycles. The van der Waals surface area contributed by atoms with Crippen molar-refractivity contribution in [3.8, 4) is 5.75 Å². The summed E-state index contributed by atoms with van der Waals surface area (Å²) in [6.45, 7) is 2.28. The lowest BCUT2D eigenvalue weighted by molar-refractivity contribution is -0.141. The Morgan fingerprint density at radius 2 is 2.09 bits per heavy atom. The molecule has 7 heteroatoms. The zero-order valence-electron chi connectivity index (χ0n) is 13.1. The molecular weight excluding hydrogens is 364 g/mol. The van der Waals surface area contributed by atoms with Crippen LogP contribution in [0, 0.1) is 5.92 Å². The molecule has 0 spiro atoms. The van der Waals surface area contributed by atoms with Crippen molar-refractivity contribution in [2.24, 2.45) is 5.92 Å². The minimum absolute atomic E-state index is 0.0181. The van der Waals surface area contributed by atoms with Gasteiger partial charge in [-0.25, -0.2) is 0 Å². The van der Waals surface area contributed by atoms with Gasteiger partial charge in [-0.2, -0.15) is 0 Å². The molecule has 1 unspecified atom stereocenters. The van der Waals surface area contributed by atoms with E-state index >= 15 is 0 Å². The van der Waals surface area contributed by atoms with Crippen molar-refractivity contribution in [2.75, 3.05) is 39.8 Å². The summed E-state index contributed by atoms with van der Waals surface area (Å²) in [5.74, 6) is -0.390. The van der Waals surface area contributed by atoms with E-state index in [1.54, 1.807) is 11.9 Å². The van der Waals surface area contributed by atoms with Crippen LogP contribution in [0.15, 0.2) is 28.7 Å². The zero-order chi connectivity index (χ0) is 16.8. The number of carboxylic acid groups (broad SMARTS) is 1. The second-order valence-electron chi connectivity index (χ2n) is 5.68. The first kappa shape index (κ1) is 17.7. The maximum atomic E-state index is 12.1. The molecule has 126 valence electrons. The van der Waals surface area contributed by atoms with Crippen molar-refractivity contribution in [2.45, 2.75) is 6.42 Å². The maximum Gasteiger partial charge on any atom is 0.307 e. The Kier molecular flexibility index (Phi) is 6.41. The molecule has 0 saturated carbocycles. The predicted octanol–water partition coefficient (Wildman–Crippen LogP) is 1.69. The number of nitrogens with zero attached hydrogens (tertiary/aromatic N) is 2. The maximum absolute atomic E-state index is 12.1. The van der Waals surface area contributed by atoms with Crippen molar-refractivity contribution < 1.29 is 19.4 Å². The third kappa shape index (κ3) is 5.51. The van der Waals surface area contributed by atoms with E-state index in [-0.39, 0.29) is 18.4 Å². The van der Waals surface area contributed by atoms with Crippen LogP contribution in [-0.2, 0) is 9.59 Å². The predicted molar refractivity (Wildman–Crippen MR) is 89.5 cm³/mol. The highest BCUT2D eigenvalue weighted by atomic mass is 79.9. The number of benzene rings is 1. The van der Waals surface area contributed by atoms with Gasteiger partial charge in [-0.1, -0.05) is 15.9 Å². The Balaban J connectivity index is 1.69. The summed E-state index contributed by atoms with van der Waals surface area (Å²) >= 11 is 3.36. The molecule has 1 aliphatic rings. The molecule has 2 rings (SSSR count). The normalized spacial score (nSPS) is 17.9. The highest BCUT2D eigenvalue weighted by molar-refractivity contribution is 9.10. The molecule has 1 N–H and O–H groups in total. The fraction of sp³-hybridized carbons (Fsp3) is 0.500. The van der Waals surface area contributed by atoms with E-state index in [2.05, 4.69) is 15.9 Å². The van der Waals surface area contributed by atoms with Crippen LogP contribution in [0.5, 0.6) is 5.75 Å². The molecule has 1 aliphatic heterocycles. The molecule has 0 bridgehead atoms. The van der Waals surface area contributed by atoms with Crippen molar-refractivity contribution in [1.82, 2.24) is 9.80 Å². The molecule has 1 fully saturated rings. The van der Waals surface area contributed by atoms with Crippen LogP contribution in [0.4, 0.5) is 0 Å². The van der Waals surface area contributed by atoms with Gasteiger partial charge in [0.15, 0.2) is 0 Å². The van der Waals surface area contributed by atoms with Gasteiger partial charge in [0.05, 0.1) is 19.0 Å². The molecular formula is C16H21BrN2O4. The van der Waals surface area contributed by atoms with E-state index in [0.29, 0.717) is 32.7 Å². The number of aliphatic carboxylic acids is 1. The van der Waals surface area contributed by atoms with Crippen LogP contribution in [0.1, 0.15) is 6.42 Å². The van der Waals surface area contributed by atoms with Gasteiger partial charge in [-0.15, -0.1) is 0 Å². The number of halogens is 1. The number of amides is 1. The summed E-state index contributed by atoms with van der Waals surface area (Å²) in [5.41, 5.74) is 0. The smallest absolute Gasteiger partial charge is 0.307 e. The van der Waals surface area contributed by atoms with Crippen molar-refractivity contribution >= 4 is 27.8 Å². The Hall–Kier alpha value is -1.60. The van der Waals surface area contributed by atoms with Crippen molar-refractivity contribution in [3.05, 3.63) is 28.7 Å². The fourth-order valence-electron chi connectivity index (χ4n) is 2.45. The van der Waals surface area contributed by atoms with Gasteiger partial charge in [0, 0.05) is 18.1 Å². The first-order valence-corrected chi connectivity index (χ1v) is 8.32. The summed E-state index contributed by atoms with van der Waals surface area (Å²) in [7, 11) is 1.73. The van der Waals surface area contributed by atoms with Crippen LogP contribution in [-0.4, -0.2) is 66.6 Å². The summed E-state index contributed by atoms with van der Waals surface area (Å²) < 4.78 is 6.58. The lowest BCUT2D eigenvalue weighted by Gasteiger charge is -2.21. The molecule has 1 aromatic rings. The van der Waals surface area contributed by atoms with E-state index in [4.69, 9.17) is 9.84 Å². The van der Waals surface area contributed by atoms with E-state index in [9.17, 15) is 9.59 Å². The van der Waals surface area contributed by atoms with Gasteiger partial charge in [0.2, 0.25) is 5.91 Å². The molecule has 1 saturated heterocycles. The van der Waals surface area contributed by atoms with Crippen molar-refractivity contribution in [1.29, 1.82) is 0 Å². The standard InChI is InChI=1S/C16H21BrN2O4/c1-18(8-9-23-14-4-2-13(17)3-5-14)15(20)11-19-7-6-12(10-19)16(21)22/h2-5,12H,6-11H2,1H3,(H,21,22). The molecule has 6 nitrogen and oxygen atoms in total. The van der Waals surface area contributed by atoms with Gasteiger partial charge in [-0.3, -0.25) is 14.5 Å². The van der Waals surface area contributed by atoms with E-state index in [0.717, 1.165) is 10.2 Å². The fourth-order valence-corrected chi connectivity index (χ4v) is 2.71. The van der Waals surface area contributed by atoms with Crippen LogP contribution in [0.25, 0.3) is 0 Å². The lowest BCUT2D eigenvalue weighted by Crippen LogP contribution is -2.39. The minimum atomic E-state index is -0.781. The van der Waals surface area contributed by atoms with E-state index in [1.807, 2.05) is 29.2 Å². The first-order valence-electron chi connectivity index (χ1n) is 7.53. The van der Waals surface area contributed by atoms with Gasteiger partial charge < -0.3 is 14.7 Å². The number of rotatable bonds is 7. The Bertz CT molecular complexity index is 550. The van der Waals surface area contributed by atoms with Gasteiger partial charge in [-0.05, 0) is 37.2 Å². The summed E-state index contributed by atoms with van der Waals surface area (Å²) in [6.07, 6.45) is 0.610. The number of carbonyl (C=O) groups is 2. The second kappa shape index (κ2) is 8.31. The van der Waals surface area contributed by atoms with Crippen LogP contribution >= 0.6 is 15.9 Å². The Morgan fingerprint density at radius 3 is 2.70 bits per heavy atom. The minimum Gasteiger partial charge on any atom is -0.492 e. The van der Waals surface area contributed by atoms with E-state index in [1.165, 1.54) is 0 Å². The number of hydrogen-bond donors (Lipinski definition) is 1. The van der Waals surface area contributed by atoms with Gasteiger partial charge in [0.25, 0.3) is 0 Å². The first-order chi connectivity index (χ1) is 11.0. The molecule has 23 heavy (non-hydrogen) atoms. The number of carbonyl (C=O) groups excluding carboxylic acids is 1. The van der Waals surface area contributed by atoms with Gasteiger partial charge in [0.1, 0.15) is 12.4 Å². The highest BCUT2D eigenvalue weighted by Gasteiger charge is 2.29. The largest absolute Gasteiger partial charge is 0.492 e. The van der Waals surface area contributed by atoms with Crippen LogP contribution in [0.3, 0.4) is 0 Å².